The first-order valence-electron chi connectivity index (χ1n) is 13.9. The van der Waals surface area contributed by atoms with Crippen LogP contribution in [0.5, 0.6) is 0 Å². The summed E-state index contributed by atoms with van der Waals surface area (Å²) in [6.45, 7) is 1.81. The Bertz CT molecular complexity index is 2220. The summed E-state index contributed by atoms with van der Waals surface area (Å²) in [6.07, 6.45) is 0. The number of hydrogen-bond acceptors (Lipinski definition) is 7. The molecule has 0 saturated carbocycles. The van der Waals surface area contributed by atoms with E-state index in [0.29, 0.717) is 16.1 Å². The summed E-state index contributed by atoms with van der Waals surface area (Å²) >= 11 is 6.17. The van der Waals surface area contributed by atoms with Gasteiger partial charge in [0.25, 0.3) is 25.6 Å². The number of sulfonamides is 1. The smallest absolute Gasteiger partial charge is 0.269 e. The first kappa shape index (κ1) is 30.7. The van der Waals surface area contributed by atoms with E-state index in [1.54, 1.807) is 36.2 Å². The second-order valence-electron chi connectivity index (χ2n) is 10.7. The lowest BCUT2D eigenvalue weighted by Gasteiger charge is -2.38. The fourth-order valence-corrected chi connectivity index (χ4v) is 9.27. The maximum absolute atomic E-state index is 14.2. The van der Waals surface area contributed by atoms with E-state index in [1.807, 2.05) is 24.3 Å². The van der Waals surface area contributed by atoms with Crippen LogP contribution in [0.1, 0.15) is 12.5 Å². The van der Waals surface area contributed by atoms with Crippen LogP contribution >= 0.6 is 11.6 Å². The molecular weight excluding hydrogens is 638 g/mol. The molecule has 11 nitrogen and oxygen atoms in total. The average molecular weight is 666 g/mol. The lowest BCUT2D eigenvalue weighted by atomic mass is 10.1. The SMILES string of the molecule is C[C@H]1C(=O)N(Cc2ccc(-c3ccc(=O)n(C)n3)cc2)CCN1S(=O)(=O)c1cc2cc(Cl)ccc2n1S(=O)(=O)c1ccccc1. The van der Waals surface area contributed by atoms with Crippen LogP contribution < -0.4 is 5.56 Å². The standard InChI is InChI=1S/C31H28ClN5O6S2/c1-21-31(39)35(20-22-8-10-23(11-9-22)27-13-15-29(38)34(2)33-27)16-17-36(21)45(42,43)30-19-24-18-25(32)12-14-28(24)37(30)44(40,41)26-6-4-3-5-7-26/h3-15,18-19,21H,16-17,20H2,1-2H3/t21-/m0/s1. The Morgan fingerprint density at radius 3 is 2.24 bits per heavy atom. The van der Waals surface area contributed by atoms with E-state index < -0.39 is 37.0 Å². The fourth-order valence-electron chi connectivity index (χ4n) is 5.43. The van der Waals surface area contributed by atoms with Crippen molar-refractivity contribution in [1.82, 2.24) is 23.0 Å². The highest BCUT2D eigenvalue weighted by molar-refractivity contribution is 7.92. The second-order valence-corrected chi connectivity index (χ2v) is 14.8. The number of benzene rings is 3. The number of aryl methyl sites for hydroxylation is 1. The van der Waals surface area contributed by atoms with Crippen LogP contribution in [0.4, 0.5) is 0 Å². The zero-order chi connectivity index (χ0) is 32.1. The van der Waals surface area contributed by atoms with Crippen molar-refractivity contribution in [2.45, 2.75) is 29.4 Å². The molecule has 6 rings (SSSR count). The molecule has 1 amide bonds. The minimum atomic E-state index is -4.48. The van der Waals surface area contributed by atoms with Gasteiger partial charge in [-0.05, 0) is 55.0 Å². The minimum absolute atomic E-state index is 0.0387. The summed E-state index contributed by atoms with van der Waals surface area (Å²) in [6, 6.07) is 22.7. The molecule has 0 bridgehead atoms. The van der Waals surface area contributed by atoms with E-state index in [4.69, 9.17) is 11.6 Å². The molecule has 1 atom stereocenters. The van der Waals surface area contributed by atoms with Crippen molar-refractivity contribution in [2.24, 2.45) is 7.05 Å². The number of piperazine rings is 1. The molecule has 0 spiro atoms. The second kappa shape index (κ2) is 11.6. The van der Waals surface area contributed by atoms with Crippen LogP contribution in [0.25, 0.3) is 22.2 Å². The highest BCUT2D eigenvalue weighted by Gasteiger charge is 2.42. The predicted octanol–water partition coefficient (Wildman–Crippen LogP) is 3.71. The number of rotatable bonds is 7. The van der Waals surface area contributed by atoms with Gasteiger partial charge in [0, 0.05) is 48.7 Å². The number of fused-ring (bicyclic) bond motifs is 1. The van der Waals surface area contributed by atoms with E-state index in [1.165, 1.54) is 54.1 Å². The van der Waals surface area contributed by atoms with Crippen LogP contribution in [0.15, 0.2) is 106 Å². The van der Waals surface area contributed by atoms with Crippen molar-refractivity contribution in [3.8, 4) is 11.3 Å². The van der Waals surface area contributed by atoms with Gasteiger partial charge in [-0.3, -0.25) is 9.59 Å². The molecular formula is C31H28ClN5O6S2. The van der Waals surface area contributed by atoms with Gasteiger partial charge in [0.2, 0.25) is 5.91 Å². The van der Waals surface area contributed by atoms with Crippen molar-refractivity contribution < 1.29 is 21.6 Å². The van der Waals surface area contributed by atoms with Gasteiger partial charge in [-0.25, -0.2) is 25.5 Å². The fraction of sp³-hybridized carbons (Fsp3) is 0.194. The van der Waals surface area contributed by atoms with Gasteiger partial charge in [0.1, 0.15) is 6.04 Å². The molecule has 1 saturated heterocycles. The Morgan fingerprint density at radius 2 is 1.56 bits per heavy atom. The van der Waals surface area contributed by atoms with Crippen LogP contribution in [0.3, 0.4) is 0 Å². The molecule has 3 heterocycles. The first-order valence-corrected chi connectivity index (χ1v) is 17.2. The quantitative estimate of drug-likeness (QED) is 0.259. The minimum Gasteiger partial charge on any atom is -0.336 e. The molecule has 1 fully saturated rings. The Morgan fingerprint density at radius 1 is 0.844 bits per heavy atom. The number of aromatic nitrogens is 3. The molecule has 1 aliphatic rings. The average Bonchev–Trinajstić information content (AvgIpc) is 3.42. The van der Waals surface area contributed by atoms with Gasteiger partial charge in [-0.2, -0.15) is 9.40 Å². The van der Waals surface area contributed by atoms with Crippen LogP contribution in [-0.2, 0) is 38.4 Å². The molecule has 0 radical (unpaired) electrons. The molecule has 2 aromatic heterocycles. The van der Waals surface area contributed by atoms with Crippen LogP contribution in [0, 0.1) is 0 Å². The van der Waals surface area contributed by atoms with Crippen LogP contribution in [-0.4, -0.2) is 64.8 Å². The normalized spacial score (nSPS) is 16.4. The van der Waals surface area contributed by atoms with Gasteiger partial charge >= 0.3 is 0 Å². The third kappa shape index (κ3) is 5.56. The maximum atomic E-state index is 14.2. The Balaban J connectivity index is 1.28. The topological polar surface area (TPSA) is 132 Å². The van der Waals surface area contributed by atoms with Crippen molar-refractivity contribution in [3.05, 3.63) is 112 Å². The third-order valence-electron chi connectivity index (χ3n) is 7.82. The van der Waals surface area contributed by atoms with Gasteiger partial charge in [0.15, 0.2) is 5.03 Å². The molecule has 5 aromatic rings. The molecule has 0 unspecified atom stereocenters. The number of carbonyl (C=O) groups excluding carboxylic acids is 1. The summed E-state index contributed by atoms with van der Waals surface area (Å²) in [5, 5.41) is 4.43. The van der Waals surface area contributed by atoms with E-state index in [0.717, 1.165) is 19.4 Å². The summed E-state index contributed by atoms with van der Waals surface area (Å²) in [5.41, 5.74) is 2.18. The summed E-state index contributed by atoms with van der Waals surface area (Å²) < 4.78 is 59.2. The molecule has 0 aliphatic carbocycles. The lowest BCUT2D eigenvalue weighted by molar-refractivity contribution is -0.138. The number of amides is 1. The highest BCUT2D eigenvalue weighted by Crippen LogP contribution is 2.33. The third-order valence-corrected chi connectivity index (χ3v) is 11.9. The summed E-state index contributed by atoms with van der Waals surface area (Å²) in [7, 11) is -7.26. The molecule has 232 valence electrons. The number of halogens is 1. The zero-order valence-electron chi connectivity index (χ0n) is 24.2. The van der Waals surface area contributed by atoms with Gasteiger partial charge in [-0.15, -0.1) is 0 Å². The highest BCUT2D eigenvalue weighted by atomic mass is 35.5. The van der Waals surface area contributed by atoms with Gasteiger partial charge in [0.05, 0.1) is 16.1 Å². The van der Waals surface area contributed by atoms with Gasteiger partial charge in [-0.1, -0.05) is 54.1 Å². The van der Waals surface area contributed by atoms with E-state index in [-0.39, 0.29) is 35.6 Å². The Labute approximate surface area is 265 Å². The predicted molar refractivity (Wildman–Crippen MR) is 170 cm³/mol. The number of nitrogens with zero attached hydrogens (tertiary/aromatic N) is 5. The van der Waals surface area contributed by atoms with E-state index >= 15 is 0 Å². The summed E-state index contributed by atoms with van der Waals surface area (Å²) in [4.78, 5) is 26.7. The van der Waals surface area contributed by atoms with Crippen molar-refractivity contribution in [2.75, 3.05) is 13.1 Å². The van der Waals surface area contributed by atoms with E-state index in [2.05, 4.69) is 5.10 Å². The van der Waals surface area contributed by atoms with E-state index in [9.17, 15) is 26.4 Å². The zero-order valence-corrected chi connectivity index (χ0v) is 26.6. The monoisotopic (exact) mass is 665 g/mol. The molecule has 14 heteroatoms. The van der Waals surface area contributed by atoms with Gasteiger partial charge < -0.3 is 4.90 Å². The first-order chi connectivity index (χ1) is 21.4. The summed E-state index contributed by atoms with van der Waals surface area (Å²) in [5.74, 6) is -0.412. The molecule has 3 aromatic carbocycles. The van der Waals surface area contributed by atoms with Crippen molar-refractivity contribution in [1.29, 1.82) is 0 Å². The van der Waals surface area contributed by atoms with Crippen molar-refractivity contribution >= 4 is 48.5 Å². The maximum Gasteiger partial charge on any atom is 0.269 e. The lowest BCUT2D eigenvalue weighted by Crippen LogP contribution is -2.57. The number of hydrogen-bond donors (Lipinski definition) is 0. The number of carbonyl (C=O) groups is 1. The Kier molecular flexibility index (Phi) is 7.89. The molecule has 45 heavy (non-hydrogen) atoms. The Hall–Kier alpha value is -4.30. The molecule has 0 N–H and O–H groups in total. The van der Waals surface area contributed by atoms with Crippen molar-refractivity contribution in [3.63, 3.8) is 0 Å². The largest absolute Gasteiger partial charge is 0.336 e. The molecule has 1 aliphatic heterocycles. The van der Waals surface area contributed by atoms with Crippen LogP contribution in [0.2, 0.25) is 5.02 Å².